The van der Waals surface area contributed by atoms with Crippen molar-refractivity contribution in [1.29, 1.82) is 0 Å². The van der Waals surface area contributed by atoms with Gasteiger partial charge >= 0.3 is 6.03 Å². The number of nitrogens with zero attached hydrogens (tertiary/aromatic N) is 1. The van der Waals surface area contributed by atoms with Gasteiger partial charge in [0.15, 0.2) is 0 Å². The second kappa shape index (κ2) is 5.33. The maximum absolute atomic E-state index is 13.4. The molecule has 1 atom stereocenters. The third-order valence-corrected chi connectivity index (χ3v) is 3.11. The zero-order valence-corrected chi connectivity index (χ0v) is 10.2. The Morgan fingerprint density at radius 1 is 1.44 bits per heavy atom. The van der Waals surface area contributed by atoms with Crippen molar-refractivity contribution in [3.63, 3.8) is 0 Å². The molecular formula is C13H16F2N2O. The number of hydrogen-bond acceptors (Lipinski definition) is 1. The smallest absolute Gasteiger partial charge is 0.321 e. The van der Waals surface area contributed by atoms with Crippen LogP contribution < -0.4 is 5.32 Å². The van der Waals surface area contributed by atoms with Gasteiger partial charge in [0.1, 0.15) is 11.6 Å². The summed E-state index contributed by atoms with van der Waals surface area (Å²) in [6.07, 6.45) is 2.04. The Bertz CT molecular complexity index is 451. The van der Waals surface area contributed by atoms with E-state index in [4.69, 9.17) is 0 Å². The van der Waals surface area contributed by atoms with Gasteiger partial charge in [0.25, 0.3) is 0 Å². The van der Waals surface area contributed by atoms with Crippen molar-refractivity contribution in [2.24, 2.45) is 5.92 Å². The van der Waals surface area contributed by atoms with Gasteiger partial charge in [-0.1, -0.05) is 6.92 Å². The molecule has 0 saturated carbocycles. The maximum atomic E-state index is 13.4. The molecule has 1 aliphatic heterocycles. The summed E-state index contributed by atoms with van der Waals surface area (Å²) in [7, 11) is 0. The van der Waals surface area contributed by atoms with Gasteiger partial charge in [-0.3, -0.25) is 0 Å². The minimum atomic E-state index is -0.630. The molecule has 0 bridgehead atoms. The van der Waals surface area contributed by atoms with Gasteiger partial charge < -0.3 is 10.2 Å². The fourth-order valence-corrected chi connectivity index (χ4v) is 2.16. The molecule has 1 fully saturated rings. The molecule has 18 heavy (non-hydrogen) atoms. The van der Waals surface area contributed by atoms with Crippen LogP contribution in [0.4, 0.5) is 19.3 Å². The highest BCUT2D eigenvalue weighted by atomic mass is 19.1. The lowest BCUT2D eigenvalue weighted by Gasteiger charge is -2.30. The van der Waals surface area contributed by atoms with Crippen molar-refractivity contribution in [3.05, 3.63) is 29.8 Å². The predicted octanol–water partition coefficient (Wildman–Crippen LogP) is 3.23. The summed E-state index contributed by atoms with van der Waals surface area (Å²) < 4.78 is 26.3. The molecule has 98 valence electrons. The lowest BCUT2D eigenvalue weighted by Crippen LogP contribution is -2.41. The van der Waals surface area contributed by atoms with E-state index in [1.54, 1.807) is 4.90 Å². The Kier molecular flexibility index (Phi) is 3.79. The molecule has 0 radical (unpaired) electrons. The average molecular weight is 254 g/mol. The van der Waals surface area contributed by atoms with Gasteiger partial charge in [0.05, 0.1) is 5.69 Å². The SMILES string of the molecule is CC1CCCN(C(=O)Nc2cc(F)ccc2F)C1. The quantitative estimate of drug-likeness (QED) is 0.820. The van der Waals surface area contributed by atoms with Gasteiger partial charge in [-0.2, -0.15) is 0 Å². The van der Waals surface area contributed by atoms with Crippen LogP contribution in [0.3, 0.4) is 0 Å². The molecule has 5 heteroatoms. The molecule has 1 heterocycles. The van der Waals surface area contributed by atoms with Crippen LogP contribution in [0.5, 0.6) is 0 Å². The van der Waals surface area contributed by atoms with E-state index in [1.807, 2.05) is 0 Å². The van der Waals surface area contributed by atoms with E-state index in [2.05, 4.69) is 12.2 Å². The van der Waals surface area contributed by atoms with E-state index < -0.39 is 11.6 Å². The molecule has 1 aromatic carbocycles. The van der Waals surface area contributed by atoms with E-state index in [-0.39, 0.29) is 11.7 Å². The molecule has 1 aliphatic rings. The number of nitrogens with one attached hydrogen (secondary N) is 1. The summed E-state index contributed by atoms with van der Waals surface area (Å²) in [5.41, 5.74) is -0.113. The number of rotatable bonds is 1. The van der Waals surface area contributed by atoms with Crippen molar-refractivity contribution in [2.45, 2.75) is 19.8 Å². The summed E-state index contributed by atoms with van der Waals surface area (Å²) in [6.45, 7) is 3.39. The minimum Gasteiger partial charge on any atom is -0.324 e. The number of piperidine rings is 1. The second-order valence-corrected chi connectivity index (χ2v) is 4.75. The number of urea groups is 1. The monoisotopic (exact) mass is 254 g/mol. The first-order valence-corrected chi connectivity index (χ1v) is 6.07. The summed E-state index contributed by atoms with van der Waals surface area (Å²) in [6, 6.07) is 2.64. The molecule has 1 aromatic rings. The van der Waals surface area contributed by atoms with E-state index >= 15 is 0 Å². The lowest BCUT2D eigenvalue weighted by molar-refractivity contribution is 0.182. The average Bonchev–Trinajstić information content (AvgIpc) is 2.34. The highest BCUT2D eigenvalue weighted by molar-refractivity contribution is 5.89. The van der Waals surface area contributed by atoms with E-state index in [0.717, 1.165) is 31.0 Å². The second-order valence-electron chi connectivity index (χ2n) is 4.75. The van der Waals surface area contributed by atoms with E-state index in [1.165, 1.54) is 0 Å². The number of benzene rings is 1. The van der Waals surface area contributed by atoms with Crippen LogP contribution in [0.1, 0.15) is 19.8 Å². The number of likely N-dealkylation sites (tertiary alicyclic amines) is 1. The molecule has 0 spiro atoms. The molecule has 2 amide bonds. The molecular weight excluding hydrogens is 238 g/mol. The number of anilines is 1. The normalized spacial score (nSPS) is 19.7. The first kappa shape index (κ1) is 12.8. The molecule has 1 saturated heterocycles. The van der Waals surface area contributed by atoms with Crippen molar-refractivity contribution in [2.75, 3.05) is 18.4 Å². The maximum Gasteiger partial charge on any atom is 0.321 e. The standard InChI is InChI=1S/C13H16F2N2O/c1-9-3-2-6-17(8-9)13(18)16-12-7-10(14)4-5-11(12)15/h4-5,7,9H,2-3,6,8H2,1H3,(H,16,18). The zero-order valence-electron chi connectivity index (χ0n) is 10.2. The van der Waals surface area contributed by atoms with Crippen molar-refractivity contribution in [1.82, 2.24) is 4.90 Å². The van der Waals surface area contributed by atoms with Gasteiger partial charge in [-0.15, -0.1) is 0 Å². The fourth-order valence-electron chi connectivity index (χ4n) is 2.16. The first-order valence-electron chi connectivity index (χ1n) is 6.07. The van der Waals surface area contributed by atoms with Gasteiger partial charge in [-0.05, 0) is 30.9 Å². The summed E-state index contributed by atoms with van der Waals surface area (Å²) in [5, 5.41) is 2.41. The molecule has 2 rings (SSSR count). The van der Waals surface area contributed by atoms with Crippen molar-refractivity contribution < 1.29 is 13.6 Å². The topological polar surface area (TPSA) is 32.3 Å². The molecule has 1 unspecified atom stereocenters. The number of amides is 2. The lowest BCUT2D eigenvalue weighted by atomic mass is 10.0. The largest absolute Gasteiger partial charge is 0.324 e. The molecule has 3 nitrogen and oxygen atoms in total. The van der Waals surface area contributed by atoms with Crippen LogP contribution in [0.2, 0.25) is 0 Å². The van der Waals surface area contributed by atoms with Gasteiger partial charge in [0.2, 0.25) is 0 Å². The van der Waals surface area contributed by atoms with Crippen LogP contribution >= 0.6 is 0 Å². The number of carbonyl (C=O) groups is 1. The Hall–Kier alpha value is -1.65. The van der Waals surface area contributed by atoms with Gasteiger partial charge in [0, 0.05) is 19.2 Å². The molecule has 0 aliphatic carbocycles. The fraction of sp³-hybridized carbons (Fsp3) is 0.462. The predicted molar refractivity (Wildman–Crippen MR) is 65.3 cm³/mol. The van der Waals surface area contributed by atoms with Crippen LogP contribution in [-0.4, -0.2) is 24.0 Å². The number of carbonyl (C=O) groups excluding carboxylic acids is 1. The highest BCUT2D eigenvalue weighted by Gasteiger charge is 2.21. The summed E-state index contributed by atoms with van der Waals surface area (Å²) in [4.78, 5) is 13.5. The molecule has 0 aromatic heterocycles. The van der Waals surface area contributed by atoms with Crippen LogP contribution in [0, 0.1) is 17.6 Å². The van der Waals surface area contributed by atoms with Crippen LogP contribution in [0.15, 0.2) is 18.2 Å². The van der Waals surface area contributed by atoms with Crippen LogP contribution in [-0.2, 0) is 0 Å². The summed E-state index contributed by atoms with van der Waals surface area (Å²) >= 11 is 0. The minimum absolute atomic E-state index is 0.113. The van der Waals surface area contributed by atoms with Crippen LogP contribution in [0.25, 0.3) is 0 Å². The zero-order chi connectivity index (χ0) is 13.1. The Morgan fingerprint density at radius 3 is 2.94 bits per heavy atom. The number of hydrogen-bond donors (Lipinski definition) is 1. The van der Waals surface area contributed by atoms with Crippen molar-refractivity contribution >= 4 is 11.7 Å². The van der Waals surface area contributed by atoms with Crippen molar-refractivity contribution in [3.8, 4) is 0 Å². The molecule has 1 N–H and O–H groups in total. The highest BCUT2D eigenvalue weighted by Crippen LogP contribution is 2.19. The first-order chi connectivity index (χ1) is 8.56. The summed E-state index contributed by atoms with van der Waals surface area (Å²) in [5.74, 6) is -0.754. The Labute approximate surface area is 105 Å². The third-order valence-electron chi connectivity index (χ3n) is 3.11. The Balaban J connectivity index is 2.04. The van der Waals surface area contributed by atoms with E-state index in [9.17, 15) is 13.6 Å². The Morgan fingerprint density at radius 2 is 2.22 bits per heavy atom. The number of halogens is 2. The van der Waals surface area contributed by atoms with Gasteiger partial charge in [-0.25, -0.2) is 13.6 Å². The third kappa shape index (κ3) is 2.97. The van der Waals surface area contributed by atoms with E-state index in [0.29, 0.717) is 19.0 Å².